The minimum Gasteiger partial charge on any atom is -0.487 e. The van der Waals surface area contributed by atoms with Gasteiger partial charge in [0, 0.05) is 42.5 Å². The third-order valence-corrected chi connectivity index (χ3v) is 8.09. The molecule has 10 heteroatoms. The summed E-state index contributed by atoms with van der Waals surface area (Å²) in [4.78, 5) is 16.6. The van der Waals surface area contributed by atoms with Crippen LogP contribution in [0.3, 0.4) is 0 Å². The molecule has 1 atom stereocenters. The van der Waals surface area contributed by atoms with Gasteiger partial charge in [-0.15, -0.1) is 0 Å². The van der Waals surface area contributed by atoms with Crippen molar-refractivity contribution in [2.75, 3.05) is 19.5 Å². The number of rotatable bonds is 10. The van der Waals surface area contributed by atoms with Crippen molar-refractivity contribution in [3.05, 3.63) is 83.7 Å². The highest BCUT2D eigenvalue weighted by molar-refractivity contribution is 6.02. The van der Waals surface area contributed by atoms with Gasteiger partial charge in [-0.05, 0) is 65.8 Å². The minimum atomic E-state index is -2.72. The summed E-state index contributed by atoms with van der Waals surface area (Å²) in [6, 6.07) is 18.9. The number of nitrogens with two attached hydrogens (primary N) is 1. The Hall–Kier alpha value is -4.57. The fourth-order valence-electron chi connectivity index (χ4n) is 6.06. The summed E-state index contributed by atoms with van der Waals surface area (Å²) in [5.74, 6) is -2.12. The number of nitrogen functional groups attached to an aromatic ring is 1. The van der Waals surface area contributed by atoms with Crippen LogP contribution in [-0.4, -0.2) is 40.4 Å². The molecule has 0 radical (unpaired) electrons. The smallest absolute Gasteiger partial charge is 0.310 e. The van der Waals surface area contributed by atoms with Crippen LogP contribution in [0.1, 0.15) is 49.0 Å². The molecule has 1 saturated carbocycles. The van der Waals surface area contributed by atoms with Crippen molar-refractivity contribution < 1.29 is 27.8 Å². The van der Waals surface area contributed by atoms with Crippen molar-refractivity contribution in [2.24, 2.45) is 0 Å². The molecule has 3 aromatic carbocycles. The van der Waals surface area contributed by atoms with Gasteiger partial charge in [-0.25, -0.2) is 13.8 Å². The van der Waals surface area contributed by atoms with Gasteiger partial charge in [0.2, 0.25) is 5.92 Å². The zero-order valence-corrected chi connectivity index (χ0v) is 24.7. The number of carbonyl (C=O) groups excluding carboxylic acids is 1. The SMILES string of the molecule is CCOC(=O)Cc1cc(COC)ccc1OCc1nn(C2CCC(F)(F)C2)c2ccc(-c3cccc4c(N)nccc34)cc12. The minimum absolute atomic E-state index is 0.0380. The standard InChI is InChI=1S/C34H34F2N4O4/c1-3-43-32(41)17-23-15-21(19-42-2)7-10-31(23)44-20-29-28-16-22(25-5-4-6-27-26(25)12-14-38-33(27)37)8-9-30(28)40(39-29)24-11-13-34(35,36)18-24/h4-10,12,14-16,24H,3,11,13,17-20H2,1-2H3,(H2,37,38). The number of nitrogens with zero attached hydrogens (tertiary/aromatic N) is 3. The van der Waals surface area contributed by atoms with E-state index in [1.165, 1.54) is 0 Å². The summed E-state index contributed by atoms with van der Waals surface area (Å²) < 4.78 is 47.0. The lowest BCUT2D eigenvalue weighted by Gasteiger charge is -2.13. The van der Waals surface area contributed by atoms with E-state index < -0.39 is 12.0 Å². The largest absolute Gasteiger partial charge is 0.487 e. The van der Waals surface area contributed by atoms with Crippen LogP contribution in [0.2, 0.25) is 0 Å². The Bertz CT molecular complexity index is 1840. The van der Waals surface area contributed by atoms with Gasteiger partial charge in [-0.3, -0.25) is 9.48 Å². The van der Waals surface area contributed by atoms with Crippen molar-refractivity contribution in [2.45, 2.75) is 57.8 Å². The number of pyridine rings is 1. The molecule has 1 aliphatic rings. The fraction of sp³-hybridized carbons (Fsp3) is 0.324. The molecule has 8 nitrogen and oxygen atoms in total. The molecule has 228 valence electrons. The van der Waals surface area contributed by atoms with Crippen molar-refractivity contribution in [3.8, 4) is 16.9 Å². The zero-order chi connectivity index (χ0) is 30.8. The number of aromatic nitrogens is 3. The molecule has 6 rings (SSSR count). The van der Waals surface area contributed by atoms with Crippen LogP contribution < -0.4 is 10.5 Å². The van der Waals surface area contributed by atoms with Gasteiger partial charge in [-0.1, -0.05) is 30.3 Å². The second-order valence-electron chi connectivity index (χ2n) is 11.1. The molecule has 1 unspecified atom stereocenters. The number of benzene rings is 3. The number of ether oxygens (including phenoxy) is 3. The van der Waals surface area contributed by atoms with E-state index in [-0.39, 0.29) is 38.4 Å². The number of anilines is 1. The maximum absolute atomic E-state index is 14.3. The first kappa shape index (κ1) is 29.5. The van der Waals surface area contributed by atoms with E-state index in [1.54, 1.807) is 31.0 Å². The van der Waals surface area contributed by atoms with Gasteiger partial charge in [-0.2, -0.15) is 5.10 Å². The van der Waals surface area contributed by atoms with E-state index in [0.717, 1.165) is 38.4 Å². The van der Waals surface area contributed by atoms with E-state index in [9.17, 15) is 13.6 Å². The third kappa shape index (κ3) is 5.94. The number of alkyl halides is 2. The van der Waals surface area contributed by atoms with Crippen molar-refractivity contribution in [1.29, 1.82) is 0 Å². The number of halogens is 2. The van der Waals surface area contributed by atoms with Gasteiger partial charge in [0.05, 0.1) is 31.2 Å². The number of carbonyl (C=O) groups is 1. The van der Waals surface area contributed by atoms with Crippen molar-refractivity contribution in [3.63, 3.8) is 0 Å². The van der Waals surface area contributed by atoms with Gasteiger partial charge in [0.25, 0.3) is 0 Å². The highest BCUT2D eigenvalue weighted by atomic mass is 19.3. The first-order valence-corrected chi connectivity index (χ1v) is 14.7. The molecule has 0 saturated heterocycles. The van der Waals surface area contributed by atoms with Crippen LogP contribution in [0.25, 0.3) is 32.8 Å². The Labute approximate surface area is 253 Å². The maximum atomic E-state index is 14.3. The summed E-state index contributed by atoms with van der Waals surface area (Å²) >= 11 is 0. The number of hydrogen-bond acceptors (Lipinski definition) is 7. The molecular formula is C34H34F2N4O4. The van der Waals surface area contributed by atoms with Crippen LogP contribution >= 0.6 is 0 Å². The average Bonchev–Trinajstić information content (AvgIpc) is 3.55. The lowest BCUT2D eigenvalue weighted by atomic mass is 9.97. The average molecular weight is 601 g/mol. The molecular weight excluding hydrogens is 566 g/mol. The van der Waals surface area contributed by atoms with Gasteiger partial charge >= 0.3 is 5.97 Å². The quantitative estimate of drug-likeness (QED) is 0.172. The summed E-state index contributed by atoms with van der Waals surface area (Å²) in [6.45, 7) is 2.49. The van der Waals surface area contributed by atoms with E-state index in [2.05, 4.69) is 4.98 Å². The Balaban J connectivity index is 1.40. The molecule has 0 aliphatic heterocycles. The second-order valence-corrected chi connectivity index (χ2v) is 11.1. The Morgan fingerprint density at radius 1 is 1.07 bits per heavy atom. The topological polar surface area (TPSA) is 101 Å². The maximum Gasteiger partial charge on any atom is 0.310 e. The summed E-state index contributed by atoms with van der Waals surface area (Å²) in [5, 5.41) is 7.46. The molecule has 2 aromatic heterocycles. The van der Waals surface area contributed by atoms with E-state index >= 15 is 0 Å². The highest BCUT2D eigenvalue weighted by Gasteiger charge is 2.41. The third-order valence-electron chi connectivity index (χ3n) is 8.09. The van der Waals surface area contributed by atoms with Crippen molar-refractivity contribution >= 4 is 33.5 Å². The second kappa shape index (κ2) is 12.2. The number of fused-ring (bicyclic) bond motifs is 2. The molecule has 0 spiro atoms. The van der Waals surface area contributed by atoms with Crippen LogP contribution in [0, 0.1) is 0 Å². The van der Waals surface area contributed by atoms with Crippen LogP contribution in [0.5, 0.6) is 5.75 Å². The van der Waals surface area contributed by atoms with Crippen LogP contribution in [-0.2, 0) is 33.9 Å². The van der Waals surface area contributed by atoms with E-state index in [0.29, 0.717) is 35.9 Å². The molecule has 5 aromatic rings. The number of methoxy groups -OCH3 is 1. The van der Waals surface area contributed by atoms with Crippen molar-refractivity contribution in [1.82, 2.24) is 14.8 Å². The Kier molecular flexibility index (Phi) is 8.18. The molecule has 1 fully saturated rings. The molecule has 0 amide bonds. The Morgan fingerprint density at radius 2 is 1.93 bits per heavy atom. The summed E-state index contributed by atoms with van der Waals surface area (Å²) in [7, 11) is 1.61. The lowest BCUT2D eigenvalue weighted by molar-refractivity contribution is -0.142. The van der Waals surface area contributed by atoms with Gasteiger partial charge < -0.3 is 19.9 Å². The summed E-state index contributed by atoms with van der Waals surface area (Å²) in [5.41, 5.74) is 11.0. The molecule has 0 bridgehead atoms. The van der Waals surface area contributed by atoms with Gasteiger partial charge in [0.1, 0.15) is 23.9 Å². The van der Waals surface area contributed by atoms with Crippen LogP contribution in [0.4, 0.5) is 14.6 Å². The normalized spacial score (nSPS) is 16.0. The summed E-state index contributed by atoms with van der Waals surface area (Å²) in [6.07, 6.45) is 1.64. The first-order valence-electron chi connectivity index (χ1n) is 14.7. The fourth-order valence-corrected chi connectivity index (χ4v) is 6.06. The molecule has 44 heavy (non-hydrogen) atoms. The number of hydrogen-bond donors (Lipinski definition) is 1. The van der Waals surface area contributed by atoms with Gasteiger partial charge in [0.15, 0.2) is 0 Å². The zero-order valence-electron chi connectivity index (χ0n) is 24.7. The van der Waals surface area contributed by atoms with Crippen LogP contribution in [0.15, 0.2) is 66.9 Å². The predicted octanol–water partition coefficient (Wildman–Crippen LogP) is 7.03. The molecule has 2 heterocycles. The number of esters is 1. The first-order chi connectivity index (χ1) is 21.3. The molecule has 1 aliphatic carbocycles. The van der Waals surface area contributed by atoms with E-state index in [1.807, 2.05) is 54.6 Å². The van der Waals surface area contributed by atoms with E-state index in [4.69, 9.17) is 25.0 Å². The highest BCUT2D eigenvalue weighted by Crippen LogP contribution is 2.43. The predicted molar refractivity (Wildman–Crippen MR) is 165 cm³/mol. The molecule has 2 N–H and O–H groups in total. The lowest BCUT2D eigenvalue weighted by Crippen LogP contribution is -2.13. The monoisotopic (exact) mass is 600 g/mol. The Morgan fingerprint density at radius 3 is 2.70 bits per heavy atom.